The molecule has 0 aliphatic rings. The third-order valence-corrected chi connectivity index (χ3v) is 4.29. The van der Waals surface area contributed by atoms with E-state index in [1.165, 1.54) is 25.5 Å². The van der Waals surface area contributed by atoms with Gasteiger partial charge in [-0.1, -0.05) is 6.07 Å². The summed E-state index contributed by atoms with van der Waals surface area (Å²) in [7, 11) is 0.957. The van der Waals surface area contributed by atoms with Crippen molar-refractivity contribution in [1.29, 1.82) is 0 Å². The maximum Gasteiger partial charge on any atom is 0.303 e. The fraction of sp³-hybridized carbons (Fsp3) is 0.455. The molecule has 2 N–H and O–H groups in total. The molecule has 0 atom stereocenters. The number of methoxy groups -OCH3 is 1. The Kier molecular flexibility index (Phi) is 4.94. The van der Waals surface area contributed by atoms with E-state index in [1.54, 1.807) is 24.3 Å². The Hall–Kier alpha value is -1.31. The van der Waals surface area contributed by atoms with Crippen LogP contribution >= 0.6 is 0 Å². The minimum absolute atomic E-state index is 0.216. The first-order valence-electron chi connectivity index (χ1n) is 5.47. The van der Waals surface area contributed by atoms with Gasteiger partial charge in [0.1, 0.15) is 5.75 Å². The second-order valence-electron chi connectivity index (χ2n) is 3.85. The van der Waals surface area contributed by atoms with E-state index in [0.717, 1.165) is 4.31 Å². The van der Waals surface area contributed by atoms with Crippen LogP contribution in [0.3, 0.4) is 0 Å². The van der Waals surface area contributed by atoms with Crippen LogP contribution in [0, 0.1) is 0 Å². The van der Waals surface area contributed by atoms with Crippen molar-refractivity contribution in [2.45, 2.75) is 0 Å². The second-order valence-corrected chi connectivity index (χ2v) is 5.92. The lowest BCUT2D eigenvalue weighted by Gasteiger charge is -2.27. The van der Waals surface area contributed by atoms with Gasteiger partial charge in [-0.2, -0.15) is 12.7 Å². The first kappa shape index (κ1) is 14.7. The zero-order chi connectivity index (χ0) is 13.8. The topological polar surface area (TPSA) is 75.9 Å². The van der Waals surface area contributed by atoms with Crippen LogP contribution in [-0.4, -0.2) is 47.0 Å². The van der Waals surface area contributed by atoms with E-state index in [0.29, 0.717) is 11.4 Å². The fourth-order valence-corrected chi connectivity index (χ4v) is 2.57. The maximum atomic E-state index is 12.2. The van der Waals surface area contributed by atoms with Gasteiger partial charge in [0, 0.05) is 33.3 Å². The number of hydrogen-bond donors (Lipinski definition) is 1. The molecule has 1 rings (SSSR count). The van der Waals surface area contributed by atoms with Crippen molar-refractivity contribution in [3.05, 3.63) is 24.3 Å². The van der Waals surface area contributed by atoms with Crippen LogP contribution in [-0.2, 0) is 10.2 Å². The zero-order valence-electron chi connectivity index (χ0n) is 10.8. The quantitative estimate of drug-likeness (QED) is 0.807. The molecule has 6 nitrogen and oxygen atoms in total. The summed E-state index contributed by atoms with van der Waals surface area (Å²) in [6.45, 7) is 0.456. The number of nitrogens with zero attached hydrogens (tertiary/aromatic N) is 2. The van der Waals surface area contributed by atoms with Crippen LogP contribution in [0.25, 0.3) is 0 Å². The molecule has 102 valence electrons. The van der Waals surface area contributed by atoms with Gasteiger partial charge in [-0.3, -0.25) is 4.31 Å². The van der Waals surface area contributed by atoms with Gasteiger partial charge in [0.15, 0.2) is 0 Å². The number of hydrogen-bond acceptors (Lipinski definition) is 4. The molecule has 0 saturated carbocycles. The number of ether oxygens (including phenoxy) is 1. The highest BCUT2D eigenvalue weighted by atomic mass is 32.2. The van der Waals surface area contributed by atoms with Crippen LogP contribution < -0.4 is 14.8 Å². The Morgan fingerprint density at radius 3 is 2.50 bits per heavy atom. The average molecular weight is 273 g/mol. The van der Waals surface area contributed by atoms with E-state index >= 15 is 0 Å². The van der Waals surface area contributed by atoms with Gasteiger partial charge in [-0.25, -0.2) is 0 Å². The van der Waals surface area contributed by atoms with Crippen molar-refractivity contribution in [2.75, 3.05) is 38.6 Å². The Bertz CT molecular complexity index is 488. The lowest BCUT2D eigenvalue weighted by atomic mass is 10.3. The molecule has 0 heterocycles. The molecule has 0 fully saturated rings. The normalized spacial score (nSPS) is 11.6. The lowest BCUT2D eigenvalue weighted by molar-refractivity contribution is 0.415. The summed E-state index contributed by atoms with van der Waals surface area (Å²) in [6, 6.07) is 6.87. The highest BCUT2D eigenvalue weighted by Gasteiger charge is 2.24. The summed E-state index contributed by atoms with van der Waals surface area (Å²) in [5, 5.41) is 0. The number of rotatable bonds is 6. The first-order valence-corrected chi connectivity index (χ1v) is 6.87. The smallest absolute Gasteiger partial charge is 0.303 e. The predicted octanol–water partition coefficient (Wildman–Crippen LogP) is 0.267. The van der Waals surface area contributed by atoms with Crippen molar-refractivity contribution < 1.29 is 13.2 Å². The molecule has 0 spiro atoms. The molecule has 0 aliphatic heterocycles. The predicted molar refractivity (Wildman–Crippen MR) is 72.0 cm³/mol. The largest absolute Gasteiger partial charge is 0.497 e. The molecule has 0 aromatic heterocycles. The molecule has 0 saturated heterocycles. The number of nitrogens with two attached hydrogens (primary N) is 1. The monoisotopic (exact) mass is 273 g/mol. The Labute approximate surface area is 108 Å². The molecule has 1 aromatic rings. The van der Waals surface area contributed by atoms with Gasteiger partial charge in [0.25, 0.3) is 0 Å². The lowest BCUT2D eigenvalue weighted by Crippen LogP contribution is -2.42. The van der Waals surface area contributed by atoms with E-state index in [-0.39, 0.29) is 13.1 Å². The average Bonchev–Trinajstić information content (AvgIpc) is 2.35. The number of benzene rings is 1. The molecular formula is C11H19N3O3S. The summed E-state index contributed by atoms with van der Waals surface area (Å²) in [5.41, 5.74) is 6.01. The van der Waals surface area contributed by atoms with Crippen LogP contribution in [0.1, 0.15) is 0 Å². The van der Waals surface area contributed by atoms with Crippen molar-refractivity contribution in [1.82, 2.24) is 4.31 Å². The summed E-state index contributed by atoms with van der Waals surface area (Å²) in [6.07, 6.45) is 0. The zero-order valence-corrected chi connectivity index (χ0v) is 11.6. The maximum absolute atomic E-state index is 12.2. The van der Waals surface area contributed by atoms with E-state index in [4.69, 9.17) is 10.5 Å². The molecule has 7 heteroatoms. The van der Waals surface area contributed by atoms with Gasteiger partial charge in [0.2, 0.25) is 0 Å². The molecule has 0 amide bonds. The molecule has 18 heavy (non-hydrogen) atoms. The fourth-order valence-electron chi connectivity index (χ4n) is 1.46. The van der Waals surface area contributed by atoms with Gasteiger partial charge in [0.05, 0.1) is 12.8 Å². The van der Waals surface area contributed by atoms with Crippen molar-refractivity contribution >= 4 is 15.9 Å². The standard InChI is InChI=1S/C11H19N3O3S/c1-13(2)18(15,16)14(8-7-12)10-5-4-6-11(9-10)17-3/h4-6,9H,7-8,12H2,1-3H3. The van der Waals surface area contributed by atoms with Crippen LogP contribution in [0.4, 0.5) is 5.69 Å². The first-order chi connectivity index (χ1) is 8.43. The van der Waals surface area contributed by atoms with Crippen LogP contribution in [0.5, 0.6) is 5.75 Å². The summed E-state index contributed by atoms with van der Waals surface area (Å²) >= 11 is 0. The van der Waals surface area contributed by atoms with Gasteiger partial charge < -0.3 is 10.5 Å². The van der Waals surface area contributed by atoms with Gasteiger partial charge in [-0.05, 0) is 12.1 Å². The summed E-state index contributed by atoms with van der Waals surface area (Å²) in [4.78, 5) is 0. The minimum atomic E-state index is -3.55. The Balaban J connectivity index is 3.20. The van der Waals surface area contributed by atoms with E-state index in [2.05, 4.69) is 0 Å². The van der Waals surface area contributed by atoms with Gasteiger partial charge in [-0.15, -0.1) is 0 Å². The third kappa shape index (κ3) is 3.12. The van der Waals surface area contributed by atoms with Crippen molar-refractivity contribution in [2.24, 2.45) is 5.73 Å². The summed E-state index contributed by atoms with van der Waals surface area (Å²) in [5.74, 6) is 0.600. The SMILES string of the molecule is COc1cccc(N(CCN)S(=O)(=O)N(C)C)c1. The molecule has 0 bridgehead atoms. The number of anilines is 1. The molecule has 0 radical (unpaired) electrons. The highest BCUT2D eigenvalue weighted by molar-refractivity contribution is 7.90. The second kappa shape index (κ2) is 6.03. The van der Waals surface area contributed by atoms with Gasteiger partial charge >= 0.3 is 10.2 Å². The van der Waals surface area contributed by atoms with E-state index in [1.807, 2.05) is 0 Å². The van der Waals surface area contributed by atoms with E-state index in [9.17, 15) is 8.42 Å². The molecular weight excluding hydrogens is 254 g/mol. The van der Waals surface area contributed by atoms with Crippen molar-refractivity contribution in [3.8, 4) is 5.75 Å². The van der Waals surface area contributed by atoms with Crippen LogP contribution in [0.2, 0.25) is 0 Å². The van der Waals surface area contributed by atoms with Crippen molar-refractivity contribution in [3.63, 3.8) is 0 Å². The van der Waals surface area contributed by atoms with Crippen LogP contribution in [0.15, 0.2) is 24.3 Å². The summed E-state index contributed by atoms with van der Waals surface area (Å²) < 4.78 is 31.9. The molecule has 1 aromatic carbocycles. The Morgan fingerprint density at radius 1 is 1.33 bits per heavy atom. The minimum Gasteiger partial charge on any atom is -0.497 e. The van der Waals surface area contributed by atoms with E-state index < -0.39 is 10.2 Å². The molecule has 0 aliphatic carbocycles. The Morgan fingerprint density at radius 2 is 2.00 bits per heavy atom. The third-order valence-electron chi connectivity index (χ3n) is 2.41. The highest BCUT2D eigenvalue weighted by Crippen LogP contribution is 2.23. The molecule has 0 unspecified atom stereocenters.